The Kier molecular flexibility index (Phi) is 3.21. The zero-order valence-corrected chi connectivity index (χ0v) is 9.59. The van der Waals surface area contributed by atoms with Crippen LogP contribution in [0.25, 0.3) is 0 Å². The van der Waals surface area contributed by atoms with E-state index < -0.39 is 0 Å². The van der Waals surface area contributed by atoms with Gasteiger partial charge in [0.1, 0.15) is 0 Å². The highest BCUT2D eigenvalue weighted by Crippen LogP contribution is 2.25. The molecule has 0 radical (unpaired) electrons. The topological polar surface area (TPSA) is 53.0 Å². The zero-order chi connectivity index (χ0) is 12.3. The fourth-order valence-electron chi connectivity index (χ4n) is 1.94. The molecular formula is C12H13N3O2. The van der Waals surface area contributed by atoms with Crippen molar-refractivity contribution in [1.29, 1.82) is 0 Å². The van der Waals surface area contributed by atoms with Gasteiger partial charge in [0.25, 0.3) is 0 Å². The van der Waals surface area contributed by atoms with E-state index in [0.29, 0.717) is 13.0 Å². The first-order chi connectivity index (χ1) is 8.24. The highest BCUT2D eigenvalue weighted by Gasteiger charge is 2.26. The number of amides is 1. The third kappa shape index (κ3) is 2.19. The highest BCUT2D eigenvalue weighted by atomic mass is 16.2. The second-order valence-corrected chi connectivity index (χ2v) is 3.83. The third-order valence-electron chi connectivity index (χ3n) is 2.84. The minimum absolute atomic E-state index is 0.0960. The Labute approximate surface area is 99.3 Å². The summed E-state index contributed by atoms with van der Waals surface area (Å²) in [5, 5.41) is 3.50. The van der Waals surface area contributed by atoms with Crippen LogP contribution in [0.15, 0.2) is 29.3 Å². The normalized spacial score (nSPS) is 15.0. The Hall–Kier alpha value is -2.13. The summed E-state index contributed by atoms with van der Waals surface area (Å²) in [6.45, 7) is 0.954. The van der Waals surface area contributed by atoms with Gasteiger partial charge < -0.3 is 0 Å². The van der Waals surface area contributed by atoms with Gasteiger partial charge in [0.05, 0.1) is 12.2 Å². The monoisotopic (exact) mass is 231 g/mol. The highest BCUT2D eigenvalue weighted by molar-refractivity contribution is 5.81. The van der Waals surface area contributed by atoms with Gasteiger partial charge in [-0.3, -0.25) is 14.8 Å². The molecule has 5 nitrogen and oxygen atoms in total. The second kappa shape index (κ2) is 4.80. The molecule has 2 rings (SSSR count). The molecule has 88 valence electrons. The van der Waals surface area contributed by atoms with Crippen molar-refractivity contribution in [3.63, 3.8) is 0 Å². The molecule has 0 N–H and O–H groups in total. The Morgan fingerprint density at radius 2 is 2.18 bits per heavy atom. The van der Waals surface area contributed by atoms with Gasteiger partial charge in [0.2, 0.25) is 12.0 Å². The molecule has 1 aliphatic heterocycles. The van der Waals surface area contributed by atoms with Crippen LogP contribution in [0.4, 0.5) is 5.69 Å². The van der Waals surface area contributed by atoms with Crippen molar-refractivity contribution in [3.8, 4) is 0 Å². The van der Waals surface area contributed by atoms with Crippen LogP contribution < -0.4 is 5.01 Å². The lowest BCUT2D eigenvalue weighted by atomic mass is 10.1. The van der Waals surface area contributed by atoms with E-state index in [0.717, 1.165) is 11.3 Å². The average molecular weight is 231 g/mol. The summed E-state index contributed by atoms with van der Waals surface area (Å²) in [4.78, 5) is 25.2. The van der Waals surface area contributed by atoms with Crippen molar-refractivity contribution >= 4 is 17.7 Å². The molecule has 0 unspecified atom stereocenters. The molecule has 0 aliphatic carbocycles. The van der Waals surface area contributed by atoms with E-state index in [1.54, 1.807) is 12.1 Å². The molecule has 17 heavy (non-hydrogen) atoms. The van der Waals surface area contributed by atoms with Crippen LogP contribution >= 0.6 is 0 Å². The van der Waals surface area contributed by atoms with Crippen LogP contribution in [0.2, 0.25) is 0 Å². The third-order valence-corrected chi connectivity index (χ3v) is 2.84. The molecule has 1 amide bonds. The first kappa shape index (κ1) is 11.4. The number of hydrogen-bond donors (Lipinski definition) is 0. The second-order valence-electron chi connectivity index (χ2n) is 3.83. The van der Waals surface area contributed by atoms with Crippen molar-refractivity contribution in [1.82, 2.24) is 5.01 Å². The number of hydrazine groups is 1. The summed E-state index contributed by atoms with van der Waals surface area (Å²) in [7, 11) is 1.75. The molecule has 0 aromatic heterocycles. The summed E-state index contributed by atoms with van der Waals surface area (Å²) >= 11 is 0. The van der Waals surface area contributed by atoms with Crippen molar-refractivity contribution < 1.29 is 9.59 Å². The molecular weight excluding hydrogens is 218 g/mol. The lowest BCUT2D eigenvalue weighted by molar-refractivity contribution is -0.126. The molecule has 5 heteroatoms. The van der Waals surface area contributed by atoms with Gasteiger partial charge in [-0.15, -0.1) is 0 Å². The minimum Gasteiger partial charge on any atom is -0.282 e. The van der Waals surface area contributed by atoms with Gasteiger partial charge in [-0.2, -0.15) is 0 Å². The van der Waals surface area contributed by atoms with Crippen molar-refractivity contribution in [2.45, 2.75) is 13.0 Å². The number of benzene rings is 1. The Morgan fingerprint density at radius 3 is 2.82 bits per heavy atom. The first-order valence-electron chi connectivity index (χ1n) is 5.39. The first-order valence-corrected chi connectivity index (χ1v) is 5.39. The molecule has 0 atom stereocenters. The fraction of sp³-hybridized carbons (Fsp3) is 0.333. The summed E-state index contributed by atoms with van der Waals surface area (Å²) in [6.07, 6.45) is 2.05. The van der Waals surface area contributed by atoms with Crippen LogP contribution in [0.5, 0.6) is 0 Å². The molecule has 1 aromatic carbocycles. The Balaban J connectivity index is 2.31. The number of rotatable bonds is 3. The molecule has 1 heterocycles. The van der Waals surface area contributed by atoms with Crippen LogP contribution in [-0.4, -0.2) is 30.6 Å². The van der Waals surface area contributed by atoms with E-state index in [2.05, 4.69) is 4.99 Å². The van der Waals surface area contributed by atoms with Crippen LogP contribution in [0, 0.1) is 0 Å². The molecule has 0 saturated carbocycles. The minimum atomic E-state index is 0.0960. The smallest absolute Gasteiger partial charge is 0.242 e. The van der Waals surface area contributed by atoms with Gasteiger partial charge in [-0.25, -0.2) is 9.79 Å². The number of carbonyl (C=O) groups is 1. The largest absolute Gasteiger partial charge is 0.282 e. The summed E-state index contributed by atoms with van der Waals surface area (Å²) in [6, 6.07) is 7.61. The van der Waals surface area contributed by atoms with Crippen LogP contribution in [0.1, 0.15) is 12.0 Å². The predicted octanol–water partition coefficient (Wildman–Crippen LogP) is 1.11. The van der Waals surface area contributed by atoms with E-state index in [4.69, 9.17) is 0 Å². The maximum absolute atomic E-state index is 11.5. The van der Waals surface area contributed by atoms with E-state index >= 15 is 0 Å². The van der Waals surface area contributed by atoms with Crippen LogP contribution in [0.3, 0.4) is 0 Å². The molecule has 0 spiro atoms. The summed E-state index contributed by atoms with van der Waals surface area (Å²) in [5.41, 5.74) is 1.83. The quantitative estimate of drug-likeness (QED) is 0.578. The lowest BCUT2D eigenvalue weighted by Crippen LogP contribution is -2.36. The summed E-state index contributed by atoms with van der Waals surface area (Å²) < 4.78 is 0. The molecule has 1 saturated heterocycles. The van der Waals surface area contributed by atoms with E-state index in [1.807, 2.05) is 29.3 Å². The maximum atomic E-state index is 11.5. The van der Waals surface area contributed by atoms with E-state index in [-0.39, 0.29) is 12.5 Å². The number of nitrogens with zero attached hydrogens (tertiary/aromatic N) is 3. The standard InChI is InChI=1S/C12H13N3O2/c1-14-12(17)6-7-15(14)11-5-3-2-4-10(11)8-13-9-16/h2-5H,6-8H2,1H3. The lowest BCUT2D eigenvalue weighted by Gasteiger charge is -2.27. The van der Waals surface area contributed by atoms with Gasteiger partial charge in [-0.1, -0.05) is 18.2 Å². The number of hydrogen-bond acceptors (Lipinski definition) is 4. The van der Waals surface area contributed by atoms with Gasteiger partial charge in [0, 0.05) is 20.0 Å². The average Bonchev–Trinajstić information content (AvgIpc) is 2.68. The van der Waals surface area contributed by atoms with Crippen molar-refractivity contribution in [2.24, 2.45) is 4.99 Å². The van der Waals surface area contributed by atoms with E-state index in [1.165, 1.54) is 6.08 Å². The van der Waals surface area contributed by atoms with Gasteiger partial charge >= 0.3 is 0 Å². The number of aliphatic imine (C=N–C) groups is 1. The fourth-order valence-corrected chi connectivity index (χ4v) is 1.94. The Morgan fingerprint density at radius 1 is 1.41 bits per heavy atom. The summed E-state index contributed by atoms with van der Waals surface area (Å²) in [5.74, 6) is 0.0960. The maximum Gasteiger partial charge on any atom is 0.242 e. The molecule has 1 fully saturated rings. The van der Waals surface area contributed by atoms with Crippen molar-refractivity contribution in [3.05, 3.63) is 29.8 Å². The predicted molar refractivity (Wildman–Crippen MR) is 63.0 cm³/mol. The Bertz CT molecular complexity index is 480. The molecule has 1 aromatic rings. The van der Waals surface area contributed by atoms with Gasteiger partial charge in [-0.05, 0) is 11.6 Å². The molecule has 0 bridgehead atoms. The van der Waals surface area contributed by atoms with Gasteiger partial charge in [0.15, 0.2) is 0 Å². The SMILES string of the molecule is CN1C(=O)CCN1c1ccccc1CN=C=O. The molecule has 1 aliphatic rings. The zero-order valence-electron chi connectivity index (χ0n) is 9.59. The number of isocyanates is 1. The number of anilines is 1. The van der Waals surface area contributed by atoms with Crippen molar-refractivity contribution in [2.75, 3.05) is 18.6 Å². The van der Waals surface area contributed by atoms with Crippen LogP contribution in [-0.2, 0) is 16.1 Å². The number of carbonyl (C=O) groups excluding carboxylic acids is 2. The van der Waals surface area contributed by atoms with E-state index in [9.17, 15) is 9.59 Å². The number of para-hydroxylation sites is 1.